The van der Waals surface area contributed by atoms with Gasteiger partial charge in [0.05, 0.1) is 6.04 Å². The second-order valence-electron chi connectivity index (χ2n) is 10.3. The standard InChI is InChI=1S/C25H34F2N4O6S/c1-15(7-8-18(27)16(2)26)28-23(32)21-22-20(13-30(21)6)38(34,35)29-19(14-36-22)17-9-11-31(12-10-17)24(33)37-25(3,4)5/h7-8,13,17,19,29H,2,9-12,14H2,1,3-6H3,(H,28,32)/b15-7+,18-8+. The van der Waals surface area contributed by atoms with Crippen molar-refractivity contribution in [1.82, 2.24) is 19.5 Å². The summed E-state index contributed by atoms with van der Waals surface area (Å²) >= 11 is 0. The lowest BCUT2D eigenvalue weighted by molar-refractivity contribution is 0.0165. The summed E-state index contributed by atoms with van der Waals surface area (Å²) in [5, 5.41) is 2.51. The van der Waals surface area contributed by atoms with Crippen molar-refractivity contribution < 1.29 is 36.3 Å². The van der Waals surface area contributed by atoms with E-state index in [1.807, 2.05) is 0 Å². The second-order valence-corrected chi connectivity index (χ2v) is 12.0. The van der Waals surface area contributed by atoms with Crippen LogP contribution in [-0.2, 0) is 21.8 Å². The number of ether oxygens (including phenoxy) is 2. The van der Waals surface area contributed by atoms with Crippen LogP contribution in [0.4, 0.5) is 13.6 Å². The Bertz CT molecular complexity index is 1270. The number of rotatable bonds is 5. The van der Waals surface area contributed by atoms with Gasteiger partial charge in [0.25, 0.3) is 5.91 Å². The minimum Gasteiger partial charge on any atom is -0.488 e. The van der Waals surface area contributed by atoms with Crippen molar-refractivity contribution in [2.75, 3.05) is 19.7 Å². The maximum absolute atomic E-state index is 13.3. The minimum atomic E-state index is -4.03. The summed E-state index contributed by atoms with van der Waals surface area (Å²) in [5.74, 6) is -3.32. The van der Waals surface area contributed by atoms with Crippen LogP contribution in [0.15, 0.2) is 47.2 Å². The Balaban J connectivity index is 1.73. The molecule has 1 aromatic heterocycles. The number of fused-ring (bicyclic) bond motifs is 1. The highest BCUT2D eigenvalue weighted by atomic mass is 32.2. The fraction of sp³-hybridized carbons (Fsp3) is 0.520. The summed E-state index contributed by atoms with van der Waals surface area (Å²) in [6, 6.07) is -0.571. The lowest BCUT2D eigenvalue weighted by Crippen LogP contribution is -2.49. The maximum Gasteiger partial charge on any atom is 0.410 e. The van der Waals surface area contributed by atoms with Crippen molar-refractivity contribution in [3.05, 3.63) is 48.0 Å². The van der Waals surface area contributed by atoms with Gasteiger partial charge in [-0.3, -0.25) is 4.79 Å². The second kappa shape index (κ2) is 11.3. The smallest absolute Gasteiger partial charge is 0.410 e. The Morgan fingerprint density at radius 1 is 1.24 bits per heavy atom. The number of nitrogens with zero attached hydrogens (tertiary/aromatic N) is 2. The molecule has 0 aliphatic carbocycles. The third-order valence-corrected chi connectivity index (χ3v) is 7.61. The molecule has 13 heteroatoms. The predicted octanol–water partition coefficient (Wildman–Crippen LogP) is 3.68. The molecule has 0 radical (unpaired) electrons. The molecule has 0 bridgehead atoms. The Kier molecular flexibility index (Phi) is 8.72. The average molecular weight is 557 g/mol. The van der Waals surface area contributed by atoms with Gasteiger partial charge in [-0.25, -0.2) is 26.7 Å². The molecule has 10 nitrogen and oxygen atoms in total. The molecular formula is C25H34F2N4O6S. The largest absolute Gasteiger partial charge is 0.488 e. The topological polar surface area (TPSA) is 119 Å². The number of allylic oxidation sites excluding steroid dienone is 5. The molecule has 2 amide bonds. The van der Waals surface area contributed by atoms with Crippen LogP contribution in [0.25, 0.3) is 0 Å². The van der Waals surface area contributed by atoms with E-state index in [2.05, 4.69) is 16.6 Å². The van der Waals surface area contributed by atoms with Crippen LogP contribution >= 0.6 is 0 Å². The van der Waals surface area contributed by atoms with Crippen LogP contribution in [0.3, 0.4) is 0 Å². The van der Waals surface area contributed by atoms with Crippen LogP contribution in [0.1, 0.15) is 51.0 Å². The van der Waals surface area contributed by atoms with E-state index in [0.717, 1.165) is 12.2 Å². The lowest BCUT2D eigenvalue weighted by atomic mass is 9.90. The van der Waals surface area contributed by atoms with E-state index in [1.54, 1.807) is 25.7 Å². The number of carbonyl (C=O) groups excluding carboxylic acids is 2. The van der Waals surface area contributed by atoms with Gasteiger partial charge >= 0.3 is 6.09 Å². The van der Waals surface area contributed by atoms with Gasteiger partial charge in [0.2, 0.25) is 10.0 Å². The highest BCUT2D eigenvalue weighted by Gasteiger charge is 2.39. The van der Waals surface area contributed by atoms with Crippen LogP contribution < -0.4 is 14.8 Å². The third-order valence-electron chi connectivity index (χ3n) is 6.13. The first-order valence-corrected chi connectivity index (χ1v) is 13.6. The molecule has 210 valence electrons. The number of halogens is 2. The van der Waals surface area contributed by atoms with E-state index >= 15 is 0 Å². The molecule has 3 heterocycles. The number of hydrogen-bond acceptors (Lipinski definition) is 6. The normalized spacial score (nSPS) is 20.7. The van der Waals surface area contributed by atoms with Crippen molar-refractivity contribution in [2.24, 2.45) is 13.0 Å². The molecular weight excluding hydrogens is 522 g/mol. The summed E-state index contributed by atoms with van der Waals surface area (Å²) in [5.41, 5.74) is -0.469. The minimum absolute atomic E-state index is 0.0188. The zero-order valence-corrected chi connectivity index (χ0v) is 23.0. The van der Waals surface area contributed by atoms with E-state index in [-0.39, 0.29) is 34.6 Å². The summed E-state index contributed by atoms with van der Waals surface area (Å²) in [4.78, 5) is 26.8. The fourth-order valence-electron chi connectivity index (χ4n) is 4.25. The molecule has 1 saturated heterocycles. The number of nitrogens with one attached hydrogen (secondary N) is 2. The van der Waals surface area contributed by atoms with E-state index in [9.17, 15) is 26.8 Å². The monoisotopic (exact) mass is 556 g/mol. The average Bonchev–Trinajstić information content (AvgIpc) is 3.09. The summed E-state index contributed by atoms with van der Waals surface area (Å²) in [6.45, 7) is 10.5. The molecule has 2 N–H and O–H groups in total. The summed E-state index contributed by atoms with van der Waals surface area (Å²) < 4.78 is 67.9. The predicted molar refractivity (Wildman–Crippen MR) is 136 cm³/mol. The molecule has 1 atom stereocenters. The maximum atomic E-state index is 13.3. The van der Waals surface area contributed by atoms with Crippen LogP contribution in [0.5, 0.6) is 5.75 Å². The van der Waals surface area contributed by atoms with Crippen LogP contribution in [-0.4, -0.2) is 61.2 Å². The molecule has 3 rings (SSSR count). The third kappa shape index (κ3) is 7.01. The number of piperidine rings is 1. The number of hydrogen-bond donors (Lipinski definition) is 2. The van der Waals surface area contributed by atoms with Gasteiger partial charge in [0.15, 0.2) is 23.1 Å². The molecule has 1 fully saturated rings. The quantitative estimate of drug-likeness (QED) is 0.534. The van der Waals surface area contributed by atoms with Crippen molar-refractivity contribution in [2.45, 2.75) is 57.1 Å². The van der Waals surface area contributed by atoms with Crippen molar-refractivity contribution >= 4 is 22.0 Å². The Morgan fingerprint density at radius 2 is 1.87 bits per heavy atom. The van der Waals surface area contributed by atoms with Crippen molar-refractivity contribution in [3.8, 4) is 5.75 Å². The molecule has 0 aromatic carbocycles. The summed E-state index contributed by atoms with van der Waals surface area (Å²) in [7, 11) is -2.53. The Hall–Kier alpha value is -3.19. The van der Waals surface area contributed by atoms with Gasteiger partial charge in [-0.05, 0) is 58.6 Å². The highest BCUT2D eigenvalue weighted by molar-refractivity contribution is 7.89. The molecule has 2 aliphatic rings. The van der Waals surface area contributed by atoms with Gasteiger partial charge in [-0.2, -0.15) is 0 Å². The first-order chi connectivity index (χ1) is 17.6. The van der Waals surface area contributed by atoms with Crippen molar-refractivity contribution in [1.29, 1.82) is 0 Å². The molecule has 2 aliphatic heterocycles. The molecule has 1 unspecified atom stereocenters. The first kappa shape index (κ1) is 29.4. The van der Waals surface area contributed by atoms with Crippen LogP contribution in [0, 0.1) is 5.92 Å². The number of aryl methyl sites for hydroxylation is 1. The zero-order valence-electron chi connectivity index (χ0n) is 22.1. The van der Waals surface area contributed by atoms with E-state index in [0.29, 0.717) is 25.9 Å². The van der Waals surface area contributed by atoms with E-state index < -0.39 is 45.3 Å². The summed E-state index contributed by atoms with van der Waals surface area (Å²) in [6.07, 6.45) is 3.92. The van der Waals surface area contributed by atoms with Crippen LogP contribution in [0.2, 0.25) is 0 Å². The zero-order chi connectivity index (χ0) is 28.4. The molecule has 38 heavy (non-hydrogen) atoms. The Labute approximate surface area is 221 Å². The van der Waals surface area contributed by atoms with Gasteiger partial charge < -0.3 is 24.3 Å². The Morgan fingerprint density at radius 3 is 2.45 bits per heavy atom. The molecule has 1 aromatic rings. The van der Waals surface area contributed by atoms with Gasteiger partial charge in [0, 0.05) is 32.0 Å². The fourth-order valence-corrected chi connectivity index (χ4v) is 5.73. The highest BCUT2D eigenvalue weighted by Crippen LogP contribution is 2.34. The van der Waals surface area contributed by atoms with Crippen molar-refractivity contribution in [3.63, 3.8) is 0 Å². The number of likely N-dealkylation sites (tertiary alicyclic amines) is 1. The number of amides is 2. The van der Waals surface area contributed by atoms with E-state index in [1.165, 1.54) is 24.7 Å². The lowest BCUT2D eigenvalue weighted by Gasteiger charge is -2.36. The van der Waals surface area contributed by atoms with Gasteiger partial charge in [-0.15, -0.1) is 0 Å². The SMILES string of the molecule is C=C(F)/C(F)=C\C=C(/C)NC(=O)c1c2c(cn1C)S(=O)(=O)NC(C1CCN(C(=O)OC(C)(C)C)CC1)CO2. The van der Waals surface area contributed by atoms with E-state index in [4.69, 9.17) is 9.47 Å². The number of sulfonamides is 1. The first-order valence-electron chi connectivity index (χ1n) is 12.1. The van der Waals surface area contributed by atoms with Gasteiger partial charge in [-0.1, -0.05) is 6.58 Å². The van der Waals surface area contributed by atoms with Gasteiger partial charge in [0.1, 0.15) is 17.1 Å². The number of carbonyl (C=O) groups is 2. The molecule has 0 saturated carbocycles. The molecule has 0 spiro atoms. The number of aromatic nitrogens is 1.